The van der Waals surface area contributed by atoms with Crippen LogP contribution >= 0.6 is 0 Å². The van der Waals surface area contributed by atoms with Gasteiger partial charge in [0.25, 0.3) is 0 Å². The molecule has 0 atom stereocenters. The lowest BCUT2D eigenvalue weighted by Gasteiger charge is -2.29. The molecule has 2 heterocycles. The first-order valence-electron chi connectivity index (χ1n) is 9.64. The second-order valence-corrected chi connectivity index (χ2v) is 6.79. The molecular weight excluding hydrogens is 352 g/mol. The van der Waals surface area contributed by atoms with Gasteiger partial charge in [-0.15, -0.1) is 0 Å². The molecule has 6 heteroatoms. The highest BCUT2D eigenvalue weighted by atomic mass is 16.5. The van der Waals surface area contributed by atoms with Crippen LogP contribution < -0.4 is 0 Å². The Morgan fingerprint density at radius 1 is 1.32 bits per heavy atom. The van der Waals surface area contributed by atoms with Crippen LogP contribution in [0.2, 0.25) is 0 Å². The molecule has 0 aliphatic heterocycles. The predicted molar refractivity (Wildman–Crippen MR) is 110 cm³/mol. The van der Waals surface area contributed by atoms with Crippen molar-refractivity contribution in [3.8, 4) is 17.2 Å². The second kappa shape index (κ2) is 9.32. The summed E-state index contributed by atoms with van der Waals surface area (Å²) in [4.78, 5) is 16.8. The average molecular weight is 380 g/mol. The molecule has 6 nitrogen and oxygen atoms in total. The summed E-state index contributed by atoms with van der Waals surface area (Å²) in [5.74, 6) is -0.435. The topological polar surface area (TPSA) is 80.8 Å². The van der Waals surface area contributed by atoms with E-state index in [-0.39, 0.29) is 5.54 Å². The van der Waals surface area contributed by atoms with Crippen molar-refractivity contribution >= 4 is 12.0 Å². The zero-order chi connectivity index (χ0) is 20.7. The standard InChI is InChI=1S/C22H28N4O2/c1-6-9-10-18-16(4)24-14-19(21(27)28-5)20(18)17-13-25-26(15-17)22(7-2,8-3)11-12-23/h9-10,13-15H,6-8,11H2,1-5H3/b10-9-. The van der Waals surface area contributed by atoms with Crippen LogP contribution in [0.15, 0.2) is 24.7 Å². The van der Waals surface area contributed by atoms with E-state index in [0.29, 0.717) is 12.0 Å². The number of nitriles is 1. The predicted octanol–water partition coefficient (Wildman–Crippen LogP) is 4.89. The molecule has 0 radical (unpaired) electrons. The van der Waals surface area contributed by atoms with Crippen LogP contribution in [0, 0.1) is 18.3 Å². The first kappa shape index (κ1) is 21.4. The van der Waals surface area contributed by atoms with Gasteiger partial charge in [0.15, 0.2) is 0 Å². The maximum Gasteiger partial charge on any atom is 0.340 e. The van der Waals surface area contributed by atoms with E-state index in [2.05, 4.69) is 36.9 Å². The van der Waals surface area contributed by atoms with Gasteiger partial charge in [-0.05, 0) is 26.2 Å². The van der Waals surface area contributed by atoms with Crippen molar-refractivity contribution in [3.05, 3.63) is 41.5 Å². The van der Waals surface area contributed by atoms with Gasteiger partial charge in [-0.2, -0.15) is 10.4 Å². The minimum atomic E-state index is -0.435. The highest BCUT2D eigenvalue weighted by Crippen LogP contribution is 2.34. The maximum absolute atomic E-state index is 12.4. The van der Waals surface area contributed by atoms with Crippen LogP contribution in [0.4, 0.5) is 0 Å². The van der Waals surface area contributed by atoms with Gasteiger partial charge in [0.1, 0.15) is 0 Å². The van der Waals surface area contributed by atoms with E-state index < -0.39 is 5.97 Å². The van der Waals surface area contributed by atoms with E-state index in [1.54, 1.807) is 12.4 Å². The summed E-state index contributed by atoms with van der Waals surface area (Å²) in [6.07, 6.45) is 12.1. The fourth-order valence-electron chi connectivity index (χ4n) is 3.40. The summed E-state index contributed by atoms with van der Waals surface area (Å²) in [5.41, 5.74) is 3.32. The Hall–Kier alpha value is -2.94. The lowest BCUT2D eigenvalue weighted by atomic mass is 9.89. The Morgan fingerprint density at radius 2 is 2.04 bits per heavy atom. The van der Waals surface area contributed by atoms with Crippen molar-refractivity contribution in [2.45, 2.75) is 58.9 Å². The van der Waals surface area contributed by atoms with Gasteiger partial charge in [0.2, 0.25) is 0 Å². The van der Waals surface area contributed by atoms with E-state index in [9.17, 15) is 10.1 Å². The third-order valence-electron chi connectivity index (χ3n) is 5.32. The van der Waals surface area contributed by atoms with E-state index >= 15 is 0 Å². The summed E-state index contributed by atoms with van der Waals surface area (Å²) < 4.78 is 6.85. The molecule has 2 aromatic rings. The number of aryl methyl sites for hydroxylation is 1. The second-order valence-electron chi connectivity index (χ2n) is 6.79. The molecule has 0 saturated carbocycles. The highest BCUT2D eigenvalue weighted by molar-refractivity contribution is 5.99. The molecule has 148 valence electrons. The molecular formula is C22H28N4O2. The molecule has 0 N–H and O–H groups in total. The fraction of sp³-hybridized carbons (Fsp3) is 0.455. The normalized spacial score (nSPS) is 11.6. The lowest BCUT2D eigenvalue weighted by Crippen LogP contribution is -2.32. The number of carbonyl (C=O) groups is 1. The number of methoxy groups -OCH3 is 1. The number of aromatic nitrogens is 3. The van der Waals surface area contributed by atoms with Gasteiger partial charge in [0.05, 0.1) is 36.9 Å². The summed E-state index contributed by atoms with van der Waals surface area (Å²) in [6.45, 7) is 8.10. The third-order valence-corrected chi connectivity index (χ3v) is 5.32. The molecule has 0 fully saturated rings. The maximum atomic E-state index is 12.4. The van der Waals surface area contributed by atoms with Gasteiger partial charge < -0.3 is 4.74 Å². The number of allylic oxidation sites excluding steroid dienone is 1. The third kappa shape index (κ3) is 3.99. The Morgan fingerprint density at radius 3 is 2.61 bits per heavy atom. The molecule has 0 unspecified atom stereocenters. The number of nitrogens with zero attached hydrogens (tertiary/aromatic N) is 4. The Bertz CT molecular complexity index is 902. The van der Waals surface area contributed by atoms with Crippen LogP contribution in [0.1, 0.15) is 68.1 Å². The summed E-state index contributed by atoms with van der Waals surface area (Å²) in [6, 6.07) is 2.29. The summed E-state index contributed by atoms with van der Waals surface area (Å²) >= 11 is 0. The zero-order valence-corrected chi connectivity index (χ0v) is 17.3. The van der Waals surface area contributed by atoms with Crippen LogP contribution in [0.3, 0.4) is 0 Å². The number of ether oxygens (including phenoxy) is 1. The minimum absolute atomic E-state index is 0.361. The van der Waals surface area contributed by atoms with Gasteiger partial charge >= 0.3 is 5.97 Å². The molecule has 0 aliphatic rings. The van der Waals surface area contributed by atoms with Gasteiger partial charge in [-0.1, -0.05) is 32.9 Å². The quantitative estimate of drug-likeness (QED) is 0.609. The molecule has 0 spiro atoms. The summed E-state index contributed by atoms with van der Waals surface area (Å²) in [7, 11) is 1.36. The molecule has 28 heavy (non-hydrogen) atoms. The van der Waals surface area contributed by atoms with Gasteiger partial charge in [-0.25, -0.2) is 4.79 Å². The number of hydrogen-bond acceptors (Lipinski definition) is 5. The molecule has 0 amide bonds. The van der Waals surface area contributed by atoms with Crippen molar-refractivity contribution in [2.24, 2.45) is 0 Å². The van der Waals surface area contributed by atoms with E-state index in [1.165, 1.54) is 7.11 Å². The van der Waals surface area contributed by atoms with E-state index in [4.69, 9.17) is 4.74 Å². The Labute approximate surface area is 166 Å². The monoisotopic (exact) mass is 380 g/mol. The van der Waals surface area contributed by atoms with Crippen molar-refractivity contribution in [2.75, 3.05) is 7.11 Å². The number of rotatable bonds is 8. The Balaban J connectivity index is 2.72. The molecule has 0 aliphatic carbocycles. The average Bonchev–Trinajstić information content (AvgIpc) is 3.20. The first-order valence-corrected chi connectivity index (χ1v) is 9.64. The van der Waals surface area contributed by atoms with Crippen LogP contribution in [0.25, 0.3) is 17.2 Å². The largest absolute Gasteiger partial charge is 0.465 e. The molecule has 2 aromatic heterocycles. The van der Waals surface area contributed by atoms with Crippen LogP contribution in [-0.4, -0.2) is 27.8 Å². The molecule has 0 aromatic carbocycles. The smallest absolute Gasteiger partial charge is 0.340 e. The van der Waals surface area contributed by atoms with Crippen molar-refractivity contribution < 1.29 is 9.53 Å². The van der Waals surface area contributed by atoms with Crippen molar-refractivity contribution in [3.63, 3.8) is 0 Å². The zero-order valence-electron chi connectivity index (χ0n) is 17.3. The van der Waals surface area contributed by atoms with Gasteiger partial charge in [0, 0.05) is 34.8 Å². The number of esters is 1. The number of carbonyl (C=O) groups excluding carboxylic acids is 1. The SMILES string of the molecule is CC/C=C\c1c(C)ncc(C(=O)OC)c1-c1cnn(C(CC)(CC)CC#N)c1. The van der Waals surface area contributed by atoms with Crippen molar-refractivity contribution in [1.82, 2.24) is 14.8 Å². The highest BCUT2D eigenvalue weighted by Gasteiger charge is 2.30. The van der Waals surface area contributed by atoms with Gasteiger partial charge in [-0.3, -0.25) is 9.67 Å². The van der Waals surface area contributed by atoms with E-state index in [1.807, 2.05) is 30.0 Å². The molecule has 0 bridgehead atoms. The Kier molecular flexibility index (Phi) is 7.11. The van der Waals surface area contributed by atoms with Crippen LogP contribution in [0.5, 0.6) is 0 Å². The first-order chi connectivity index (χ1) is 13.5. The summed E-state index contributed by atoms with van der Waals surface area (Å²) in [5, 5.41) is 13.9. The minimum Gasteiger partial charge on any atom is -0.465 e. The number of hydrogen-bond donors (Lipinski definition) is 0. The number of pyridine rings is 1. The van der Waals surface area contributed by atoms with Crippen LogP contribution in [-0.2, 0) is 10.3 Å². The fourth-order valence-corrected chi connectivity index (χ4v) is 3.40. The van der Waals surface area contributed by atoms with E-state index in [0.717, 1.165) is 41.6 Å². The lowest BCUT2D eigenvalue weighted by molar-refractivity contribution is 0.0601. The molecule has 2 rings (SSSR count). The molecule has 0 saturated heterocycles. The van der Waals surface area contributed by atoms with Crippen molar-refractivity contribution in [1.29, 1.82) is 5.26 Å².